The van der Waals surface area contributed by atoms with Crippen LogP contribution in [0.25, 0.3) is 0 Å². The summed E-state index contributed by atoms with van der Waals surface area (Å²) >= 11 is 0. The topological polar surface area (TPSA) is 96.0 Å². The third kappa shape index (κ3) is 3.97. The highest BCUT2D eigenvalue weighted by atomic mass is 16.2. The Morgan fingerprint density at radius 3 is 2.42 bits per heavy atom. The van der Waals surface area contributed by atoms with Crippen LogP contribution in [0.4, 0.5) is 5.82 Å². The number of amides is 2. The van der Waals surface area contributed by atoms with Crippen LogP contribution in [0.5, 0.6) is 0 Å². The molecule has 1 saturated carbocycles. The molecule has 142 valence electrons. The van der Waals surface area contributed by atoms with Gasteiger partial charge in [-0.15, -0.1) is 0 Å². The van der Waals surface area contributed by atoms with Crippen LogP contribution in [0.2, 0.25) is 0 Å². The van der Waals surface area contributed by atoms with Gasteiger partial charge in [-0.2, -0.15) is 0 Å². The molecule has 7 heteroatoms. The van der Waals surface area contributed by atoms with E-state index >= 15 is 0 Å². The summed E-state index contributed by atoms with van der Waals surface area (Å²) in [5, 5.41) is 9.25. The van der Waals surface area contributed by atoms with Crippen molar-refractivity contribution in [2.45, 2.75) is 83.8 Å². The average molecular weight is 359 g/mol. The predicted octanol–water partition coefficient (Wildman–Crippen LogP) is 1.73. The number of nitrogens with one attached hydrogen (secondary N) is 3. The lowest BCUT2D eigenvalue weighted by Crippen LogP contribution is -2.53. The van der Waals surface area contributed by atoms with E-state index in [1.165, 1.54) is 0 Å². The molecular formula is C19H29N5O2. The van der Waals surface area contributed by atoms with Crippen molar-refractivity contribution in [3.05, 3.63) is 17.1 Å². The van der Waals surface area contributed by atoms with Crippen LogP contribution < -0.4 is 16.0 Å². The monoisotopic (exact) mass is 359 g/mol. The summed E-state index contributed by atoms with van der Waals surface area (Å²) in [6.45, 7) is 10.4. The van der Waals surface area contributed by atoms with E-state index in [4.69, 9.17) is 4.98 Å². The van der Waals surface area contributed by atoms with E-state index in [1.54, 1.807) is 0 Å². The first-order valence-electron chi connectivity index (χ1n) is 9.35. The summed E-state index contributed by atoms with van der Waals surface area (Å²) in [5.74, 6) is 1.62. The van der Waals surface area contributed by atoms with Crippen LogP contribution >= 0.6 is 0 Å². The summed E-state index contributed by atoms with van der Waals surface area (Å²) in [5.41, 5.74) is 1.96. The minimum absolute atomic E-state index is 0.0393. The molecule has 0 bridgehead atoms. The molecule has 1 aliphatic heterocycles. The molecule has 2 fully saturated rings. The van der Waals surface area contributed by atoms with E-state index in [-0.39, 0.29) is 29.3 Å². The standard InChI is InChI=1S/C19H29N5O2/c1-10-11(2)20-18(19(3,4)5)24-16(10)21-12-8-13(9-12)22-17(26)14-6-7-15(25)23-14/h12-14H,6-9H2,1-5H3,(H,22,26)(H,23,25)(H,20,21,24)/t12?,13?,14-/m1/s1. The van der Waals surface area contributed by atoms with Crippen molar-refractivity contribution in [1.82, 2.24) is 20.6 Å². The minimum atomic E-state index is -0.365. The van der Waals surface area contributed by atoms with Crippen LogP contribution in [0, 0.1) is 13.8 Å². The SMILES string of the molecule is Cc1nc(C(C)(C)C)nc(NC2CC(NC(=O)[C@H]3CCC(=O)N3)C2)c1C. The Labute approximate surface area is 154 Å². The van der Waals surface area contributed by atoms with E-state index in [9.17, 15) is 9.59 Å². The van der Waals surface area contributed by atoms with Gasteiger partial charge in [0, 0.05) is 35.2 Å². The summed E-state index contributed by atoms with van der Waals surface area (Å²) in [4.78, 5) is 32.7. The molecule has 3 N–H and O–H groups in total. The number of hydrogen-bond donors (Lipinski definition) is 3. The van der Waals surface area contributed by atoms with Gasteiger partial charge in [-0.1, -0.05) is 20.8 Å². The van der Waals surface area contributed by atoms with Crippen LogP contribution in [0.15, 0.2) is 0 Å². The van der Waals surface area contributed by atoms with Gasteiger partial charge in [0.05, 0.1) is 0 Å². The molecule has 0 unspecified atom stereocenters. The van der Waals surface area contributed by atoms with Crippen molar-refractivity contribution in [1.29, 1.82) is 0 Å². The fourth-order valence-corrected chi connectivity index (χ4v) is 3.26. The van der Waals surface area contributed by atoms with Crippen LogP contribution in [0.1, 0.15) is 63.5 Å². The van der Waals surface area contributed by atoms with Crippen LogP contribution in [-0.2, 0) is 15.0 Å². The largest absolute Gasteiger partial charge is 0.367 e. The maximum atomic E-state index is 12.1. The first-order chi connectivity index (χ1) is 12.1. The Kier molecular flexibility index (Phi) is 4.90. The highest BCUT2D eigenvalue weighted by molar-refractivity contribution is 5.90. The Bertz CT molecular complexity index is 719. The van der Waals surface area contributed by atoms with E-state index in [1.807, 2.05) is 13.8 Å². The predicted molar refractivity (Wildman–Crippen MR) is 99.9 cm³/mol. The average Bonchev–Trinajstić information content (AvgIpc) is 2.94. The molecule has 26 heavy (non-hydrogen) atoms. The third-order valence-electron chi connectivity index (χ3n) is 5.20. The molecule has 2 amide bonds. The number of carbonyl (C=O) groups excluding carboxylic acids is 2. The van der Waals surface area contributed by atoms with Crippen molar-refractivity contribution in [2.24, 2.45) is 0 Å². The molecule has 0 spiro atoms. The summed E-state index contributed by atoms with van der Waals surface area (Å²) in [7, 11) is 0. The zero-order valence-electron chi connectivity index (χ0n) is 16.3. The number of aromatic nitrogens is 2. The van der Waals surface area contributed by atoms with Gasteiger partial charge in [0.15, 0.2) is 0 Å². The van der Waals surface area contributed by atoms with Gasteiger partial charge in [-0.3, -0.25) is 9.59 Å². The van der Waals surface area contributed by atoms with Gasteiger partial charge < -0.3 is 16.0 Å². The summed E-state index contributed by atoms with van der Waals surface area (Å²) in [6, 6.07) is 0.0812. The number of hydrogen-bond acceptors (Lipinski definition) is 5. The molecule has 3 rings (SSSR count). The quantitative estimate of drug-likeness (QED) is 0.761. The minimum Gasteiger partial charge on any atom is -0.367 e. The van der Waals surface area contributed by atoms with E-state index in [0.717, 1.165) is 35.7 Å². The molecule has 2 heterocycles. The first kappa shape index (κ1) is 18.6. The van der Waals surface area contributed by atoms with Gasteiger partial charge in [0.1, 0.15) is 17.7 Å². The van der Waals surface area contributed by atoms with E-state index in [2.05, 4.69) is 41.7 Å². The van der Waals surface area contributed by atoms with Gasteiger partial charge in [0.2, 0.25) is 11.8 Å². The highest BCUT2D eigenvalue weighted by Gasteiger charge is 2.34. The number of carbonyl (C=O) groups is 2. The molecule has 1 aromatic heterocycles. The Morgan fingerprint density at radius 1 is 1.15 bits per heavy atom. The van der Waals surface area contributed by atoms with Crippen molar-refractivity contribution >= 4 is 17.6 Å². The Hall–Kier alpha value is -2.18. The first-order valence-corrected chi connectivity index (χ1v) is 9.35. The molecule has 7 nitrogen and oxygen atoms in total. The fourth-order valence-electron chi connectivity index (χ4n) is 3.26. The second-order valence-corrected chi connectivity index (χ2v) is 8.53. The highest BCUT2D eigenvalue weighted by Crippen LogP contribution is 2.28. The lowest BCUT2D eigenvalue weighted by molar-refractivity contribution is -0.126. The summed E-state index contributed by atoms with van der Waals surface area (Å²) in [6.07, 6.45) is 2.75. The third-order valence-corrected chi connectivity index (χ3v) is 5.20. The lowest BCUT2D eigenvalue weighted by Gasteiger charge is -2.37. The Balaban J connectivity index is 1.55. The molecular weight excluding hydrogens is 330 g/mol. The van der Waals surface area contributed by atoms with Crippen molar-refractivity contribution < 1.29 is 9.59 Å². The normalized spacial score (nSPS) is 25.4. The maximum Gasteiger partial charge on any atom is 0.242 e. The number of nitrogens with zero attached hydrogens (tertiary/aromatic N) is 2. The van der Waals surface area contributed by atoms with Crippen LogP contribution in [-0.4, -0.2) is 39.9 Å². The van der Waals surface area contributed by atoms with Crippen molar-refractivity contribution in [3.8, 4) is 0 Å². The number of aryl methyl sites for hydroxylation is 1. The molecule has 0 aromatic carbocycles. The molecule has 1 atom stereocenters. The lowest BCUT2D eigenvalue weighted by atomic mass is 9.86. The smallest absolute Gasteiger partial charge is 0.242 e. The van der Waals surface area contributed by atoms with Gasteiger partial charge in [0.25, 0.3) is 0 Å². The van der Waals surface area contributed by atoms with Crippen molar-refractivity contribution in [2.75, 3.05) is 5.32 Å². The fraction of sp³-hybridized carbons (Fsp3) is 0.684. The molecule has 1 aromatic rings. The Morgan fingerprint density at radius 2 is 1.85 bits per heavy atom. The van der Waals surface area contributed by atoms with Gasteiger partial charge in [-0.05, 0) is 33.1 Å². The van der Waals surface area contributed by atoms with Gasteiger partial charge >= 0.3 is 0 Å². The second-order valence-electron chi connectivity index (χ2n) is 8.53. The van der Waals surface area contributed by atoms with Crippen molar-refractivity contribution in [3.63, 3.8) is 0 Å². The molecule has 0 radical (unpaired) electrons. The zero-order valence-corrected chi connectivity index (χ0v) is 16.3. The number of rotatable bonds is 4. The maximum absolute atomic E-state index is 12.1. The molecule has 1 saturated heterocycles. The van der Waals surface area contributed by atoms with E-state index in [0.29, 0.717) is 18.9 Å². The van der Waals surface area contributed by atoms with E-state index < -0.39 is 0 Å². The summed E-state index contributed by atoms with van der Waals surface area (Å²) < 4.78 is 0. The number of anilines is 1. The molecule has 2 aliphatic rings. The zero-order chi connectivity index (χ0) is 19.1. The van der Waals surface area contributed by atoms with Crippen LogP contribution in [0.3, 0.4) is 0 Å². The molecule has 1 aliphatic carbocycles. The second kappa shape index (κ2) is 6.85. The van der Waals surface area contributed by atoms with Gasteiger partial charge in [-0.25, -0.2) is 9.97 Å².